The average molecular weight is 389 g/mol. The molecule has 1 atom stereocenters. The van der Waals surface area contributed by atoms with Crippen molar-refractivity contribution in [1.29, 1.82) is 0 Å². The monoisotopic (exact) mass is 389 g/mol. The molecule has 6 heteroatoms. The van der Waals surface area contributed by atoms with Crippen molar-refractivity contribution in [2.24, 2.45) is 5.92 Å². The van der Waals surface area contributed by atoms with E-state index in [9.17, 15) is 23.5 Å². The van der Waals surface area contributed by atoms with Gasteiger partial charge in [-0.2, -0.15) is 0 Å². The number of halogens is 2. The molecule has 0 aliphatic carbocycles. The van der Waals surface area contributed by atoms with Gasteiger partial charge in [0.1, 0.15) is 11.6 Å². The highest BCUT2D eigenvalue weighted by atomic mass is 19.1. The summed E-state index contributed by atoms with van der Waals surface area (Å²) in [6.07, 6.45) is -0.358. The van der Waals surface area contributed by atoms with E-state index in [-0.39, 0.29) is 30.7 Å². The van der Waals surface area contributed by atoms with Crippen molar-refractivity contribution in [3.8, 4) is 0 Å². The molecule has 2 aromatic rings. The van der Waals surface area contributed by atoms with Crippen molar-refractivity contribution >= 4 is 11.7 Å². The lowest BCUT2D eigenvalue weighted by atomic mass is 9.99. The van der Waals surface area contributed by atoms with Gasteiger partial charge >= 0.3 is 0 Å². The largest absolute Gasteiger partial charge is 0.386 e. The van der Waals surface area contributed by atoms with Crippen molar-refractivity contribution in [3.05, 3.63) is 70.8 Å². The van der Waals surface area contributed by atoms with Gasteiger partial charge in [-0.3, -0.25) is 9.59 Å². The molecule has 0 saturated heterocycles. The van der Waals surface area contributed by atoms with Crippen LogP contribution in [0.2, 0.25) is 0 Å². The Labute approximate surface area is 163 Å². The molecule has 0 fully saturated rings. The Morgan fingerprint density at radius 1 is 1.04 bits per heavy atom. The Kier molecular flexibility index (Phi) is 7.81. The third-order valence-corrected chi connectivity index (χ3v) is 4.31. The fraction of sp³-hybridized carbons (Fsp3) is 0.364. The molecule has 0 bridgehead atoms. The summed E-state index contributed by atoms with van der Waals surface area (Å²) >= 11 is 0. The van der Waals surface area contributed by atoms with E-state index in [1.165, 1.54) is 0 Å². The number of ketones is 1. The van der Waals surface area contributed by atoms with Gasteiger partial charge < -0.3 is 10.4 Å². The fourth-order valence-corrected chi connectivity index (χ4v) is 2.85. The molecule has 0 aliphatic rings. The van der Waals surface area contributed by atoms with Crippen LogP contribution in [0.4, 0.5) is 8.78 Å². The number of hydrogen-bond donors (Lipinski definition) is 2. The summed E-state index contributed by atoms with van der Waals surface area (Å²) in [6.45, 7) is 4.03. The summed E-state index contributed by atoms with van der Waals surface area (Å²) in [5, 5.41) is 12.4. The lowest BCUT2D eigenvalue weighted by Crippen LogP contribution is -2.29. The number of hydrogen-bond acceptors (Lipinski definition) is 3. The van der Waals surface area contributed by atoms with Crippen molar-refractivity contribution in [2.45, 2.75) is 39.2 Å². The lowest BCUT2D eigenvalue weighted by Gasteiger charge is -2.13. The maximum Gasteiger partial charge on any atom is 0.220 e. The minimum Gasteiger partial charge on any atom is -0.386 e. The van der Waals surface area contributed by atoms with Gasteiger partial charge in [0.25, 0.3) is 0 Å². The van der Waals surface area contributed by atoms with E-state index in [1.807, 2.05) is 12.1 Å². The first-order valence-electron chi connectivity index (χ1n) is 9.28. The number of aliphatic hydroxyl groups is 1. The molecule has 4 nitrogen and oxygen atoms in total. The lowest BCUT2D eigenvalue weighted by molar-refractivity contribution is -0.121. The number of amides is 1. The van der Waals surface area contributed by atoms with Gasteiger partial charge in [-0.15, -0.1) is 0 Å². The first kappa shape index (κ1) is 21.7. The van der Waals surface area contributed by atoms with Crippen LogP contribution >= 0.6 is 0 Å². The van der Waals surface area contributed by atoms with Gasteiger partial charge in [0.05, 0.1) is 6.10 Å². The van der Waals surface area contributed by atoms with Gasteiger partial charge in [-0.25, -0.2) is 8.78 Å². The summed E-state index contributed by atoms with van der Waals surface area (Å²) in [7, 11) is 0. The molecular weight excluding hydrogens is 364 g/mol. The van der Waals surface area contributed by atoms with Crippen LogP contribution in [0.25, 0.3) is 0 Å². The Morgan fingerprint density at radius 2 is 1.71 bits per heavy atom. The number of carbonyl (C=O) groups excluding carboxylic acids is 2. The third-order valence-electron chi connectivity index (χ3n) is 4.31. The second-order valence-corrected chi connectivity index (χ2v) is 7.20. The molecule has 0 spiro atoms. The Hall–Kier alpha value is -2.60. The van der Waals surface area contributed by atoms with Crippen LogP contribution < -0.4 is 5.32 Å². The maximum absolute atomic E-state index is 13.6. The first-order chi connectivity index (χ1) is 13.3. The second kappa shape index (κ2) is 10.1. The number of rotatable bonds is 9. The zero-order valence-electron chi connectivity index (χ0n) is 16.0. The summed E-state index contributed by atoms with van der Waals surface area (Å²) < 4.78 is 26.5. The standard InChI is InChI=1S/C22H25F2NO3/c1-14(2)11-15-3-5-16(6-4-15)20(26)9-10-22(28)25-13-21(27)18-8-7-17(23)12-19(18)24/h3-8,12,14,21,27H,9-11,13H2,1-2H3,(H,25,28). The molecule has 0 radical (unpaired) electrons. The highest BCUT2D eigenvalue weighted by Gasteiger charge is 2.15. The van der Waals surface area contributed by atoms with E-state index in [0.29, 0.717) is 17.5 Å². The molecule has 0 aliphatic heterocycles. The zero-order valence-corrected chi connectivity index (χ0v) is 16.0. The van der Waals surface area contributed by atoms with Crippen molar-refractivity contribution in [1.82, 2.24) is 5.32 Å². The van der Waals surface area contributed by atoms with Gasteiger partial charge in [-0.05, 0) is 24.0 Å². The van der Waals surface area contributed by atoms with Crippen LogP contribution in [0.15, 0.2) is 42.5 Å². The average Bonchev–Trinajstić information content (AvgIpc) is 2.64. The van der Waals surface area contributed by atoms with Gasteiger partial charge in [-0.1, -0.05) is 44.2 Å². The minimum atomic E-state index is -1.30. The van der Waals surface area contributed by atoms with Crippen LogP contribution in [0.3, 0.4) is 0 Å². The fourth-order valence-electron chi connectivity index (χ4n) is 2.85. The molecular formula is C22H25F2NO3. The molecule has 2 rings (SSSR count). The normalized spacial score (nSPS) is 12.1. The smallest absolute Gasteiger partial charge is 0.220 e. The Balaban J connectivity index is 1.79. The van der Waals surface area contributed by atoms with Gasteiger partial charge in [0.2, 0.25) is 5.91 Å². The first-order valence-corrected chi connectivity index (χ1v) is 9.28. The van der Waals surface area contributed by atoms with Crippen LogP contribution in [0, 0.1) is 17.6 Å². The molecule has 1 amide bonds. The number of aliphatic hydroxyl groups excluding tert-OH is 1. The molecule has 1 unspecified atom stereocenters. The Morgan fingerprint density at radius 3 is 2.32 bits per heavy atom. The SMILES string of the molecule is CC(C)Cc1ccc(C(=O)CCC(=O)NCC(O)c2ccc(F)cc2F)cc1. The van der Waals surface area contributed by atoms with E-state index in [1.54, 1.807) is 12.1 Å². The third kappa shape index (κ3) is 6.53. The number of benzene rings is 2. The summed E-state index contributed by atoms with van der Waals surface area (Å²) in [6, 6.07) is 10.2. The zero-order chi connectivity index (χ0) is 20.7. The predicted molar refractivity (Wildman–Crippen MR) is 103 cm³/mol. The topological polar surface area (TPSA) is 66.4 Å². The van der Waals surface area contributed by atoms with Crippen LogP contribution in [0.5, 0.6) is 0 Å². The molecule has 28 heavy (non-hydrogen) atoms. The number of Topliss-reactive ketones (excluding diaryl/α,β-unsaturated/α-hetero) is 1. The quantitative estimate of drug-likeness (QED) is 0.638. The van der Waals surface area contributed by atoms with E-state index in [4.69, 9.17) is 0 Å². The van der Waals surface area contributed by atoms with Gasteiger partial charge in [0.15, 0.2) is 5.78 Å². The van der Waals surface area contributed by atoms with E-state index < -0.39 is 23.6 Å². The molecule has 2 N–H and O–H groups in total. The van der Waals surface area contributed by atoms with Crippen LogP contribution in [-0.4, -0.2) is 23.3 Å². The highest BCUT2D eigenvalue weighted by Crippen LogP contribution is 2.17. The minimum absolute atomic E-state index is 0.0365. The summed E-state index contributed by atoms with van der Waals surface area (Å²) in [4.78, 5) is 24.1. The summed E-state index contributed by atoms with van der Waals surface area (Å²) in [5.41, 5.74) is 1.61. The maximum atomic E-state index is 13.6. The van der Waals surface area contributed by atoms with E-state index >= 15 is 0 Å². The van der Waals surface area contributed by atoms with Gasteiger partial charge in [0, 0.05) is 36.6 Å². The highest BCUT2D eigenvalue weighted by molar-refractivity contribution is 5.97. The molecule has 2 aromatic carbocycles. The second-order valence-electron chi connectivity index (χ2n) is 7.20. The molecule has 0 saturated carbocycles. The van der Waals surface area contributed by atoms with E-state index in [0.717, 1.165) is 24.1 Å². The van der Waals surface area contributed by atoms with Crippen LogP contribution in [-0.2, 0) is 11.2 Å². The number of nitrogens with one attached hydrogen (secondary N) is 1. The van der Waals surface area contributed by atoms with Crippen LogP contribution in [0.1, 0.15) is 54.3 Å². The Bertz CT molecular complexity index is 819. The van der Waals surface area contributed by atoms with E-state index in [2.05, 4.69) is 19.2 Å². The molecule has 0 heterocycles. The van der Waals surface area contributed by atoms with Crippen molar-refractivity contribution < 1.29 is 23.5 Å². The molecule has 0 aromatic heterocycles. The predicted octanol–water partition coefficient (Wildman–Crippen LogP) is 3.98. The number of carbonyl (C=O) groups is 2. The van der Waals surface area contributed by atoms with Crippen molar-refractivity contribution in [2.75, 3.05) is 6.54 Å². The summed E-state index contributed by atoms with van der Waals surface area (Å²) in [5.74, 6) is -1.65. The van der Waals surface area contributed by atoms with Crippen molar-refractivity contribution in [3.63, 3.8) is 0 Å². The molecule has 150 valence electrons.